The normalized spacial score (nSPS) is 22.6. The monoisotopic (exact) mass is 294 g/mol. The number of rotatable bonds is 4. The molecule has 3 nitrogen and oxygen atoms in total. The summed E-state index contributed by atoms with van der Waals surface area (Å²) in [6.45, 7) is 4.48. The van der Waals surface area contributed by atoms with E-state index in [1.54, 1.807) is 0 Å². The summed E-state index contributed by atoms with van der Waals surface area (Å²) in [6, 6.07) is 7.71. The van der Waals surface area contributed by atoms with Gasteiger partial charge in [0, 0.05) is 25.2 Å². The lowest BCUT2D eigenvalue weighted by Gasteiger charge is -2.38. The molecule has 0 spiro atoms. The zero-order chi connectivity index (χ0) is 14.6. The highest BCUT2D eigenvalue weighted by atomic mass is 35.5. The van der Waals surface area contributed by atoms with Crippen LogP contribution in [-0.4, -0.2) is 30.9 Å². The fourth-order valence-corrected chi connectivity index (χ4v) is 3.16. The van der Waals surface area contributed by atoms with Gasteiger partial charge in [0.25, 0.3) is 0 Å². The highest BCUT2D eigenvalue weighted by Crippen LogP contribution is 2.32. The van der Waals surface area contributed by atoms with Crippen LogP contribution < -0.4 is 5.32 Å². The van der Waals surface area contributed by atoms with E-state index in [2.05, 4.69) is 12.2 Å². The summed E-state index contributed by atoms with van der Waals surface area (Å²) in [5.74, 6) is 0.229. The quantitative estimate of drug-likeness (QED) is 0.925. The Hall–Kier alpha value is -1.06. The zero-order valence-electron chi connectivity index (χ0n) is 12.3. The number of amides is 1. The number of piperidine rings is 1. The Kier molecular flexibility index (Phi) is 5.06. The maximum Gasteiger partial charge on any atom is 0.230 e. The highest BCUT2D eigenvalue weighted by Gasteiger charge is 2.39. The van der Waals surface area contributed by atoms with Crippen LogP contribution in [0.1, 0.15) is 31.7 Å². The van der Waals surface area contributed by atoms with Gasteiger partial charge in [-0.25, -0.2) is 0 Å². The first-order valence-electron chi connectivity index (χ1n) is 7.29. The molecule has 0 bridgehead atoms. The second kappa shape index (κ2) is 6.59. The van der Waals surface area contributed by atoms with E-state index in [0.29, 0.717) is 6.54 Å². The zero-order valence-corrected chi connectivity index (χ0v) is 13.0. The number of benzene rings is 1. The van der Waals surface area contributed by atoms with Crippen LogP contribution in [0, 0.1) is 5.41 Å². The number of carbonyl (C=O) groups excluding carboxylic acids is 1. The van der Waals surface area contributed by atoms with E-state index in [0.717, 1.165) is 42.9 Å². The van der Waals surface area contributed by atoms with Gasteiger partial charge in [0.05, 0.1) is 5.41 Å². The second-order valence-corrected chi connectivity index (χ2v) is 6.07. The third-order valence-electron chi connectivity index (χ3n) is 4.31. The van der Waals surface area contributed by atoms with Gasteiger partial charge in [-0.2, -0.15) is 0 Å². The molecule has 1 N–H and O–H groups in total. The summed E-state index contributed by atoms with van der Waals surface area (Å²) >= 11 is 6.18. The molecular weight excluding hydrogens is 272 g/mol. The van der Waals surface area contributed by atoms with Gasteiger partial charge in [-0.15, -0.1) is 0 Å². The first-order valence-corrected chi connectivity index (χ1v) is 7.66. The third kappa shape index (κ3) is 3.15. The predicted molar refractivity (Wildman–Crippen MR) is 82.8 cm³/mol. The van der Waals surface area contributed by atoms with Crippen molar-refractivity contribution in [1.82, 2.24) is 10.2 Å². The van der Waals surface area contributed by atoms with Crippen molar-refractivity contribution in [3.05, 3.63) is 34.9 Å². The number of hydrogen-bond acceptors (Lipinski definition) is 2. The highest BCUT2D eigenvalue weighted by molar-refractivity contribution is 6.31. The molecule has 1 atom stereocenters. The molecule has 1 aromatic rings. The Morgan fingerprint density at radius 2 is 2.20 bits per heavy atom. The van der Waals surface area contributed by atoms with Crippen LogP contribution in [0.5, 0.6) is 0 Å². The molecule has 1 amide bonds. The van der Waals surface area contributed by atoms with Crippen molar-refractivity contribution in [2.75, 3.05) is 20.1 Å². The molecule has 1 aliphatic rings. The fraction of sp³-hybridized carbons (Fsp3) is 0.562. The van der Waals surface area contributed by atoms with Crippen LogP contribution in [-0.2, 0) is 11.3 Å². The molecule has 0 saturated carbocycles. The van der Waals surface area contributed by atoms with Gasteiger partial charge in [0.15, 0.2) is 0 Å². The Labute approximate surface area is 126 Å². The molecular formula is C16H23ClN2O. The minimum atomic E-state index is -0.242. The van der Waals surface area contributed by atoms with E-state index in [9.17, 15) is 4.79 Å². The minimum Gasteiger partial charge on any atom is -0.341 e. The third-order valence-corrected chi connectivity index (χ3v) is 4.68. The summed E-state index contributed by atoms with van der Waals surface area (Å²) in [4.78, 5) is 14.6. The molecule has 2 rings (SSSR count). The van der Waals surface area contributed by atoms with Gasteiger partial charge in [0.2, 0.25) is 5.91 Å². The van der Waals surface area contributed by atoms with Gasteiger partial charge in [-0.1, -0.05) is 36.7 Å². The summed E-state index contributed by atoms with van der Waals surface area (Å²) in [5, 5.41) is 4.09. The first-order chi connectivity index (χ1) is 9.59. The lowest BCUT2D eigenvalue weighted by Crippen LogP contribution is -2.50. The van der Waals surface area contributed by atoms with Crippen molar-refractivity contribution in [1.29, 1.82) is 0 Å². The lowest BCUT2D eigenvalue weighted by atomic mass is 9.77. The van der Waals surface area contributed by atoms with E-state index in [1.165, 1.54) is 0 Å². The maximum absolute atomic E-state index is 12.8. The molecule has 4 heteroatoms. The van der Waals surface area contributed by atoms with Crippen LogP contribution in [0.25, 0.3) is 0 Å². The van der Waals surface area contributed by atoms with Crippen molar-refractivity contribution in [2.45, 2.75) is 32.7 Å². The standard InChI is InChI=1S/C16H23ClN2O/c1-3-16(9-6-10-18-12-16)15(20)19(2)11-13-7-4-5-8-14(13)17/h4-5,7-8,18H,3,6,9-12H2,1-2H3. The number of nitrogens with zero attached hydrogens (tertiary/aromatic N) is 1. The van der Waals surface area contributed by atoms with Crippen LogP contribution in [0.2, 0.25) is 5.02 Å². The van der Waals surface area contributed by atoms with Crippen LogP contribution in [0.15, 0.2) is 24.3 Å². The fourth-order valence-electron chi connectivity index (χ4n) is 2.96. The Balaban J connectivity index is 2.10. The number of nitrogens with one attached hydrogen (secondary N) is 1. The van der Waals surface area contributed by atoms with E-state index in [-0.39, 0.29) is 11.3 Å². The van der Waals surface area contributed by atoms with Crippen LogP contribution >= 0.6 is 11.6 Å². The summed E-state index contributed by atoms with van der Waals surface area (Å²) in [5.41, 5.74) is 0.758. The SMILES string of the molecule is CCC1(C(=O)N(C)Cc2ccccc2Cl)CCCNC1. The molecule has 1 unspecified atom stereocenters. The molecule has 1 heterocycles. The molecule has 110 valence electrons. The van der Waals surface area contributed by atoms with Gasteiger partial charge >= 0.3 is 0 Å². The van der Waals surface area contributed by atoms with Gasteiger partial charge in [-0.05, 0) is 37.4 Å². The topological polar surface area (TPSA) is 32.3 Å². The molecule has 1 aromatic carbocycles. The number of carbonyl (C=O) groups is 1. The van der Waals surface area contributed by atoms with Crippen molar-refractivity contribution in [2.24, 2.45) is 5.41 Å². The molecule has 1 fully saturated rings. The van der Waals surface area contributed by atoms with E-state index >= 15 is 0 Å². The molecule has 1 aliphatic heterocycles. The summed E-state index contributed by atoms with van der Waals surface area (Å²) in [7, 11) is 1.87. The van der Waals surface area contributed by atoms with E-state index in [4.69, 9.17) is 11.6 Å². The number of halogens is 1. The summed E-state index contributed by atoms with van der Waals surface area (Å²) in [6.07, 6.45) is 2.92. The first kappa shape index (κ1) is 15.3. The van der Waals surface area contributed by atoms with Crippen molar-refractivity contribution >= 4 is 17.5 Å². The molecule has 0 aliphatic carbocycles. The Morgan fingerprint density at radius 1 is 1.45 bits per heavy atom. The van der Waals surface area contributed by atoms with Gasteiger partial charge < -0.3 is 10.2 Å². The van der Waals surface area contributed by atoms with Crippen LogP contribution in [0.4, 0.5) is 0 Å². The van der Waals surface area contributed by atoms with E-state index < -0.39 is 0 Å². The Bertz CT molecular complexity index is 469. The molecule has 0 aromatic heterocycles. The van der Waals surface area contributed by atoms with Crippen LogP contribution in [0.3, 0.4) is 0 Å². The maximum atomic E-state index is 12.8. The van der Waals surface area contributed by atoms with Crippen molar-refractivity contribution in [3.8, 4) is 0 Å². The second-order valence-electron chi connectivity index (χ2n) is 5.67. The molecule has 0 radical (unpaired) electrons. The minimum absolute atomic E-state index is 0.229. The van der Waals surface area contributed by atoms with E-state index in [1.807, 2.05) is 36.2 Å². The molecule has 20 heavy (non-hydrogen) atoms. The lowest BCUT2D eigenvalue weighted by molar-refractivity contribution is -0.142. The Morgan fingerprint density at radius 3 is 2.80 bits per heavy atom. The van der Waals surface area contributed by atoms with Gasteiger partial charge in [0.1, 0.15) is 0 Å². The van der Waals surface area contributed by atoms with Crippen molar-refractivity contribution in [3.63, 3.8) is 0 Å². The van der Waals surface area contributed by atoms with Crippen molar-refractivity contribution < 1.29 is 4.79 Å². The summed E-state index contributed by atoms with van der Waals surface area (Å²) < 4.78 is 0. The average molecular weight is 295 g/mol. The average Bonchev–Trinajstić information content (AvgIpc) is 2.49. The smallest absolute Gasteiger partial charge is 0.230 e. The largest absolute Gasteiger partial charge is 0.341 e. The predicted octanol–water partition coefficient (Wildman–Crippen LogP) is 3.08. The molecule has 1 saturated heterocycles. The van der Waals surface area contributed by atoms with Gasteiger partial charge in [-0.3, -0.25) is 4.79 Å². The number of hydrogen-bond donors (Lipinski definition) is 1.